The van der Waals surface area contributed by atoms with E-state index in [2.05, 4.69) is 69.2 Å². The van der Waals surface area contributed by atoms with Gasteiger partial charge in [0, 0.05) is 0 Å². The first kappa shape index (κ1) is 83.5. The third-order valence-electron chi connectivity index (χ3n) is 17.3. The molecule has 2 atom stereocenters. The van der Waals surface area contributed by atoms with E-state index >= 15 is 0 Å². The molecule has 0 spiro atoms. The Bertz CT molecular complexity index is 1260. The predicted octanol–water partition coefficient (Wildman–Crippen LogP) is 24.7. The van der Waals surface area contributed by atoms with E-state index in [9.17, 15) is 19.2 Å². The molecule has 0 aromatic carbocycles. The Kier molecular flexibility index (Phi) is 64.7. The van der Waals surface area contributed by atoms with Crippen LogP contribution in [0, 0.1) is 11.8 Å². The van der Waals surface area contributed by atoms with Crippen molar-refractivity contribution in [2.45, 2.75) is 421 Å². The van der Waals surface area contributed by atoms with Gasteiger partial charge >= 0.3 is 513 Å². The zero-order chi connectivity index (χ0) is 60.9. The standard InChI is InChI=1S/2C12H24O2.2C8H16O2.4C8H17.2Sn/c2*1-2-3-4-5-6-7-8-9-10-11-12(13)14;2*1-3-5-6-7(4-2)8(9)10;4*1-3-5-7-8-6-4-2;;/h2*2-11H2,1H3,(H,13,14);2*7H,3-6H2,1-2H3,(H,9,10);4*1,3-8H2,2H3;;/q;;;;;;;;2*+2/p-4. The molecule has 2 unspecified atom stereocenters. The average Bonchev–Trinajstić information content (AvgIpc) is 3.56. The fourth-order valence-corrected chi connectivity index (χ4v) is 30.5. The van der Waals surface area contributed by atoms with Gasteiger partial charge in [-0.25, -0.2) is 0 Å². The molecular weight excluding hydrogens is 1230 g/mol. The van der Waals surface area contributed by atoms with Gasteiger partial charge in [-0.05, 0) is 0 Å². The normalized spacial score (nSPS) is 12.4. The minimum atomic E-state index is -3.93. The molecule has 0 aromatic rings. The molecule has 0 heterocycles. The molecule has 10 heteroatoms. The summed E-state index contributed by atoms with van der Waals surface area (Å²) in [6.07, 6.45) is 59.6. The monoisotopic (exact) mass is 1380 g/mol. The topological polar surface area (TPSA) is 105 Å². The van der Waals surface area contributed by atoms with Crippen LogP contribution in [0.3, 0.4) is 0 Å². The Morgan fingerprint density at radius 2 is 0.439 bits per heavy atom. The van der Waals surface area contributed by atoms with E-state index in [-0.39, 0.29) is 35.7 Å². The summed E-state index contributed by atoms with van der Waals surface area (Å²) in [6.45, 7) is 22.0. The summed E-state index contributed by atoms with van der Waals surface area (Å²) in [5, 5.41) is 0. The van der Waals surface area contributed by atoms with Crippen LogP contribution in [-0.4, -0.2) is 62.3 Å². The SMILES string of the molecule is CCCCCCCCCCCC(=O)[O][Sn]([CH2]CCCCCCC)([CH2]CCCCCCC)[O]C(=O)C(CC)CCCC.CCCCCCCCCCCC(=O)[O][Sn]([CH2]CCCCCCC)([CH2]CCCCCCC)[O]C(=O)C(CC)CCCC. The Morgan fingerprint density at radius 1 is 0.244 bits per heavy atom. The number of carbonyl (C=O) groups is 4. The summed E-state index contributed by atoms with van der Waals surface area (Å²) in [5.41, 5.74) is 0. The molecule has 488 valence electrons. The van der Waals surface area contributed by atoms with Crippen molar-refractivity contribution >= 4 is 62.3 Å². The summed E-state index contributed by atoms with van der Waals surface area (Å²) >= 11 is -7.86. The van der Waals surface area contributed by atoms with Crippen LogP contribution in [0.1, 0.15) is 403 Å². The molecule has 0 rings (SSSR count). The predicted molar refractivity (Wildman–Crippen MR) is 359 cm³/mol. The van der Waals surface area contributed by atoms with E-state index in [4.69, 9.17) is 12.3 Å². The fourth-order valence-electron chi connectivity index (χ4n) is 11.5. The van der Waals surface area contributed by atoms with Crippen LogP contribution in [-0.2, 0) is 31.5 Å². The summed E-state index contributed by atoms with van der Waals surface area (Å²) < 4.78 is 29.4. The van der Waals surface area contributed by atoms with Gasteiger partial charge < -0.3 is 0 Å². The zero-order valence-corrected chi connectivity index (χ0v) is 62.7. The van der Waals surface area contributed by atoms with Crippen molar-refractivity contribution < 1.29 is 31.5 Å². The molecule has 82 heavy (non-hydrogen) atoms. The van der Waals surface area contributed by atoms with Gasteiger partial charge in [-0.15, -0.1) is 0 Å². The van der Waals surface area contributed by atoms with Crippen LogP contribution in [0.15, 0.2) is 0 Å². The van der Waals surface area contributed by atoms with Crippen molar-refractivity contribution in [2.24, 2.45) is 11.8 Å². The fraction of sp³-hybridized carbons (Fsp3) is 0.944. The second-order valence-corrected chi connectivity index (χ2v) is 43.8. The molecule has 0 aliphatic carbocycles. The second kappa shape index (κ2) is 63.5. The van der Waals surface area contributed by atoms with Gasteiger partial charge in [-0.2, -0.15) is 0 Å². The van der Waals surface area contributed by atoms with E-state index in [1.165, 1.54) is 193 Å². The van der Waals surface area contributed by atoms with E-state index in [0.717, 1.165) is 146 Å². The molecule has 0 amide bonds. The van der Waals surface area contributed by atoms with Crippen LogP contribution >= 0.6 is 0 Å². The molecule has 8 nitrogen and oxygen atoms in total. The van der Waals surface area contributed by atoms with Gasteiger partial charge in [0.25, 0.3) is 0 Å². The van der Waals surface area contributed by atoms with Crippen molar-refractivity contribution in [1.82, 2.24) is 0 Å². The van der Waals surface area contributed by atoms with E-state index in [1.807, 2.05) is 0 Å². The first-order valence-corrected chi connectivity index (χ1v) is 49.6. The Labute approximate surface area is 522 Å². The Balaban J connectivity index is 0. The Morgan fingerprint density at radius 3 is 0.646 bits per heavy atom. The minimum absolute atomic E-state index is 0.0591. The first-order valence-electron chi connectivity index (χ1n) is 36.9. The van der Waals surface area contributed by atoms with Crippen molar-refractivity contribution in [3.05, 3.63) is 0 Å². The molecule has 0 aromatic heterocycles. The number of carbonyl (C=O) groups excluding carboxylic acids is 4. The van der Waals surface area contributed by atoms with Crippen molar-refractivity contribution in [2.75, 3.05) is 0 Å². The van der Waals surface area contributed by atoms with Gasteiger partial charge in [0.2, 0.25) is 0 Å². The molecule has 0 N–H and O–H groups in total. The summed E-state index contributed by atoms with van der Waals surface area (Å²) in [4.78, 5) is 53.5. The first-order chi connectivity index (χ1) is 40.0. The van der Waals surface area contributed by atoms with Crippen molar-refractivity contribution in [1.29, 1.82) is 0 Å². The summed E-state index contributed by atoms with van der Waals surface area (Å²) in [6, 6.07) is 0. The number of hydrogen-bond acceptors (Lipinski definition) is 8. The van der Waals surface area contributed by atoms with Gasteiger partial charge in [0.05, 0.1) is 0 Å². The maximum absolute atomic E-state index is 13.5. The average molecular weight is 1380 g/mol. The third kappa shape index (κ3) is 51.5. The van der Waals surface area contributed by atoms with Crippen LogP contribution in [0.5, 0.6) is 0 Å². The van der Waals surface area contributed by atoms with Crippen molar-refractivity contribution in [3.63, 3.8) is 0 Å². The van der Waals surface area contributed by atoms with Gasteiger partial charge in [-0.3, -0.25) is 0 Å². The molecule has 0 aliphatic rings. The van der Waals surface area contributed by atoms with E-state index in [0.29, 0.717) is 12.8 Å². The molecule has 0 fully saturated rings. The number of hydrogen-bond donors (Lipinski definition) is 0. The summed E-state index contributed by atoms with van der Waals surface area (Å²) in [7, 11) is 0. The molecule has 0 saturated heterocycles. The van der Waals surface area contributed by atoms with Crippen LogP contribution in [0.2, 0.25) is 17.7 Å². The number of unbranched alkanes of at least 4 members (excludes halogenated alkanes) is 38. The molecule has 0 radical (unpaired) electrons. The van der Waals surface area contributed by atoms with E-state index < -0.39 is 38.4 Å². The van der Waals surface area contributed by atoms with Crippen LogP contribution in [0.25, 0.3) is 0 Å². The van der Waals surface area contributed by atoms with Crippen molar-refractivity contribution in [3.8, 4) is 0 Å². The van der Waals surface area contributed by atoms with Gasteiger partial charge in [0.15, 0.2) is 0 Å². The van der Waals surface area contributed by atoms with Gasteiger partial charge in [0.1, 0.15) is 0 Å². The van der Waals surface area contributed by atoms with E-state index in [1.54, 1.807) is 0 Å². The molecule has 0 bridgehead atoms. The van der Waals surface area contributed by atoms with Crippen LogP contribution < -0.4 is 0 Å². The molecular formula is C72H144O8Sn2. The zero-order valence-electron chi connectivity index (χ0n) is 57.0. The maximum atomic E-state index is 13.5. The quantitative estimate of drug-likeness (QED) is 0.0438. The molecule has 0 aliphatic heterocycles. The Hall–Kier alpha value is -0.523. The number of rotatable bonds is 62. The van der Waals surface area contributed by atoms with Crippen LogP contribution in [0.4, 0.5) is 0 Å². The molecule has 0 saturated carbocycles. The van der Waals surface area contributed by atoms with Gasteiger partial charge in [-0.1, -0.05) is 13.8 Å². The summed E-state index contributed by atoms with van der Waals surface area (Å²) in [5.74, 6) is -0.424. The second-order valence-electron chi connectivity index (χ2n) is 25.3. The third-order valence-corrected chi connectivity index (χ3v) is 36.7.